The molecule has 0 saturated carbocycles. The predicted molar refractivity (Wildman–Crippen MR) is 81.1 cm³/mol. The Morgan fingerprint density at radius 2 is 2.23 bits per heavy atom. The molecule has 1 aromatic carbocycles. The number of esters is 1. The van der Waals surface area contributed by atoms with E-state index in [4.69, 9.17) is 4.74 Å². The fourth-order valence-corrected chi connectivity index (χ4v) is 2.97. The van der Waals surface area contributed by atoms with Gasteiger partial charge in [-0.25, -0.2) is 0 Å². The number of fused-ring (bicyclic) bond motifs is 1. The van der Waals surface area contributed by atoms with Crippen LogP contribution in [0.25, 0.3) is 10.9 Å². The van der Waals surface area contributed by atoms with Gasteiger partial charge in [0.25, 0.3) is 0 Å². The summed E-state index contributed by atoms with van der Waals surface area (Å²) in [7, 11) is 1.39. The number of nitrogens with zero attached hydrogens (tertiary/aromatic N) is 2. The van der Waals surface area contributed by atoms with Gasteiger partial charge in [-0.2, -0.15) is 5.10 Å². The summed E-state index contributed by atoms with van der Waals surface area (Å²) in [5.41, 5.74) is 1.68. The number of aromatic nitrogens is 2. The van der Waals surface area contributed by atoms with Gasteiger partial charge in [0.15, 0.2) is 0 Å². The first kappa shape index (κ1) is 14.6. The number of likely N-dealkylation sites (tertiary alicyclic amines) is 1. The molecule has 1 N–H and O–H groups in total. The third-order valence-corrected chi connectivity index (χ3v) is 4.18. The minimum Gasteiger partial charge on any atom is -0.469 e. The molecule has 6 heteroatoms. The summed E-state index contributed by atoms with van der Waals surface area (Å²) < 4.78 is 4.79. The number of ether oxygens (including phenoxy) is 1. The number of amides is 1. The third kappa shape index (κ3) is 2.81. The topological polar surface area (TPSA) is 75.3 Å². The lowest BCUT2D eigenvalue weighted by molar-refractivity contribution is -0.148. The molecule has 22 heavy (non-hydrogen) atoms. The summed E-state index contributed by atoms with van der Waals surface area (Å²) in [4.78, 5) is 25.9. The number of piperidine rings is 1. The standard InChI is InChI=1S/C16H19N3O3/c1-22-16(21)11-5-4-8-19(10-11)15(20)9-14-12-6-2-3-7-13(12)17-18-14/h2-3,6-7,11H,4-5,8-10H2,1H3,(H,17,18). The third-order valence-electron chi connectivity index (χ3n) is 4.18. The molecule has 1 fully saturated rings. The van der Waals surface area contributed by atoms with E-state index in [0.717, 1.165) is 29.4 Å². The van der Waals surface area contributed by atoms with Gasteiger partial charge in [-0.15, -0.1) is 0 Å². The van der Waals surface area contributed by atoms with Crippen LogP contribution < -0.4 is 0 Å². The zero-order valence-electron chi connectivity index (χ0n) is 12.5. The largest absolute Gasteiger partial charge is 0.469 e. The summed E-state index contributed by atoms with van der Waals surface area (Å²) in [5.74, 6) is -0.422. The van der Waals surface area contributed by atoms with Gasteiger partial charge in [0.05, 0.1) is 30.7 Å². The molecule has 0 bridgehead atoms. The van der Waals surface area contributed by atoms with E-state index < -0.39 is 0 Å². The van der Waals surface area contributed by atoms with E-state index >= 15 is 0 Å². The van der Waals surface area contributed by atoms with E-state index in [2.05, 4.69) is 10.2 Å². The quantitative estimate of drug-likeness (QED) is 0.872. The number of carbonyl (C=O) groups excluding carboxylic acids is 2. The van der Waals surface area contributed by atoms with Crippen molar-refractivity contribution in [3.8, 4) is 0 Å². The number of carbonyl (C=O) groups is 2. The molecule has 1 atom stereocenters. The Bertz CT molecular complexity index is 695. The molecule has 2 heterocycles. The zero-order chi connectivity index (χ0) is 15.5. The molecule has 1 saturated heterocycles. The number of para-hydroxylation sites is 1. The van der Waals surface area contributed by atoms with Crippen LogP contribution in [0.4, 0.5) is 0 Å². The van der Waals surface area contributed by atoms with E-state index in [0.29, 0.717) is 13.1 Å². The van der Waals surface area contributed by atoms with Gasteiger partial charge in [-0.05, 0) is 18.9 Å². The van der Waals surface area contributed by atoms with Crippen molar-refractivity contribution in [2.45, 2.75) is 19.3 Å². The Morgan fingerprint density at radius 1 is 1.41 bits per heavy atom. The van der Waals surface area contributed by atoms with Crippen LogP contribution in [0.5, 0.6) is 0 Å². The molecule has 1 aromatic heterocycles. The monoisotopic (exact) mass is 301 g/mol. The lowest BCUT2D eigenvalue weighted by Gasteiger charge is -2.31. The average molecular weight is 301 g/mol. The minimum atomic E-state index is -0.232. The summed E-state index contributed by atoms with van der Waals surface area (Å²) >= 11 is 0. The molecule has 6 nitrogen and oxygen atoms in total. The maximum atomic E-state index is 12.5. The van der Waals surface area contributed by atoms with E-state index in [1.807, 2.05) is 24.3 Å². The molecule has 1 unspecified atom stereocenters. The summed E-state index contributed by atoms with van der Waals surface area (Å²) in [6, 6.07) is 7.71. The Labute approximate surface area is 128 Å². The lowest BCUT2D eigenvalue weighted by atomic mass is 9.98. The Hall–Kier alpha value is -2.37. The van der Waals surface area contributed by atoms with Crippen molar-refractivity contribution in [2.75, 3.05) is 20.2 Å². The first-order valence-corrected chi connectivity index (χ1v) is 7.46. The average Bonchev–Trinajstić information content (AvgIpc) is 2.97. The van der Waals surface area contributed by atoms with Gasteiger partial charge in [-0.3, -0.25) is 14.7 Å². The maximum absolute atomic E-state index is 12.5. The van der Waals surface area contributed by atoms with Gasteiger partial charge in [0.2, 0.25) is 5.91 Å². The zero-order valence-corrected chi connectivity index (χ0v) is 12.5. The van der Waals surface area contributed by atoms with Crippen LogP contribution in [0.2, 0.25) is 0 Å². The number of aromatic amines is 1. The second-order valence-corrected chi connectivity index (χ2v) is 5.60. The fourth-order valence-electron chi connectivity index (χ4n) is 2.97. The van der Waals surface area contributed by atoms with Crippen molar-refractivity contribution in [2.24, 2.45) is 5.92 Å². The summed E-state index contributed by atoms with van der Waals surface area (Å²) in [6.45, 7) is 1.13. The van der Waals surface area contributed by atoms with Crippen LogP contribution in [0, 0.1) is 5.92 Å². The molecule has 2 aromatic rings. The second-order valence-electron chi connectivity index (χ2n) is 5.60. The molecule has 0 radical (unpaired) electrons. The molecular formula is C16H19N3O3. The maximum Gasteiger partial charge on any atom is 0.310 e. The van der Waals surface area contributed by atoms with Gasteiger partial charge in [0, 0.05) is 18.5 Å². The van der Waals surface area contributed by atoms with Crippen molar-refractivity contribution in [1.29, 1.82) is 0 Å². The number of methoxy groups -OCH3 is 1. The van der Waals surface area contributed by atoms with E-state index in [-0.39, 0.29) is 24.2 Å². The molecule has 0 spiro atoms. The molecule has 3 rings (SSSR count). The highest BCUT2D eigenvalue weighted by molar-refractivity contribution is 5.87. The number of nitrogens with one attached hydrogen (secondary N) is 1. The van der Waals surface area contributed by atoms with Gasteiger partial charge in [-0.1, -0.05) is 18.2 Å². The molecule has 1 amide bonds. The first-order chi connectivity index (χ1) is 10.7. The second kappa shape index (κ2) is 6.17. The van der Waals surface area contributed by atoms with E-state index in [1.54, 1.807) is 4.90 Å². The van der Waals surface area contributed by atoms with Crippen LogP contribution in [0.3, 0.4) is 0 Å². The summed E-state index contributed by atoms with van der Waals surface area (Å²) in [6.07, 6.45) is 1.88. The Balaban J connectivity index is 1.70. The minimum absolute atomic E-state index is 0.0167. The molecular weight excluding hydrogens is 282 g/mol. The number of hydrogen-bond acceptors (Lipinski definition) is 4. The van der Waals surface area contributed by atoms with Crippen molar-refractivity contribution in [3.63, 3.8) is 0 Å². The van der Waals surface area contributed by atoms with Crippen LogP contribution in [-0.4, -0.2) is 47.2 Å². The van der Waals surface area contributed by atoms with Crippen LogP contribution in [0.15, 0.2) is 24.3 Å². The van der Waals surface area contributed by atoms with Crippen LogP contribution in [0.1, 0.15) is 18.5 Å². The van der Waals surface area contributed by atoms with Crippen molar-refractivity contribution in [1.82, 2.24) is 15.1 Å². The highest BCUT2D eigenvalue weighted by Crippen LogP contribution is 2.20. The SMILES string of the molecule is COC(=O)C1CCCN(C(=O)Cc2[nH]nc3ccccc23)C1. The van der Waals surface area contributed by atoms with Crippen molar-refractivity contribution >= 4 is 22.8 Å². The number of rotatable bonds is 3. The molecule has 1 aliphatic heterocycles. The Morgan fingerprint density at radius 3 is 3.05 bits per heavy atom. The van der Waals surface area contributed by atoms with Crippen molar-refractivity contribution < 1.29 is 14.3 Å². The number of benzene rings is 1. The predicted octanol–water partition coefficient (Wildman–Crippen LogP) is 1.52. The van der Waals surface area contributed by atoms with Crippen molar-refractivity contribution in [3.05, 3.63) is 30.0 Å². The van der Waals surface area contributed by atoms with E-state index in [1.165, 1.54) is 7.11 Å². The lowest BCUT2D eigenvalue weighted by Crippen LogP contribution is -2.43. The van der Waals surface area contributed by atoms with Crippen LogP contribution >= 0.6 is 0 Å². The highest BCUT2D eigenvalue weighted by Gasteiger charge is 2.29. The van der Waals surface area contributed by atoms with Crippen LogP contribution in [-0.2, 0) is 20.7 Å². The number of H-pyrrole nitrogens is 1. The normalized spacial score (nSPS) is 18.4. The Kier molecular flexibility index (Phi) is 4.09. The summed E-state index contributed by atoms with van der Waals surface area (Å²) in [5, 5.41) is 8.11. The molecule has 116 valence electrons. The van der Waals surface area contributed by atoms with E-state index in [9.17, 15) is 9.59 Å². The van der Waals surface area contributed by atoms with Gasteiger partial charge >= 0.3 is 5.97 Å². The fraction of sp³-hybridized carbons (Fsp3) is 0.438. The van der Waals surface area contributed by atoms with Gasteiger partial charge in [0.1, 0.15) is 0 Å². The first-order valence-electron chi connectivity index (χ1n) is 7.46. The van der Waals surface area contributed by atoms with Gasteiger partial charge < -0.3 is 9.64 Å². The number of hydrogen-bond donors (Lipinski definition) is 1. The molecule has 0 aliphatic carbocycles. The molecule has 1 aliphatic rings. The highest BCUT2D eigenvalue weighted by atomic mass is 16.5. The smallest absolute Gasteiger partial charge is 0.310 e.